The first kappa shape index (κ1) is 14.3. The number of alkyl halides is 3. The summed E-state index contributed by atoms with van der Waals surface area (Å²) in [6.07, 6.45) is -4.78. The van der Waals surface area contributed by atoms with Gasteiger partial charge in [-0.05, 0) is 12.1 Å². The molecule has 0 aliphatic rings. The van der Waals surface area contributed by atoms with Gasteiger partial charge in [0.2, 0.25) is 0 Å². The lowest BCUT2D eigenvalue weighted by Crippen LogP contribution is -2.17. The number of aromatic amines is 1. The third kappa shape index (κ3) is 2.60. The predicted octanol–water partition coefficient (Wildman–Crippen LogP) is 1.43. The summed E-state index contributed by atoms with van der Waals surface area (Å²) in [7, 11) is -4.69. The predicted molar refractivity (Wildman–Crippen MR) is 61.2 cm³/mol. The number of hydrogen-bond acceptors (Lipinski definition) is 3. The highest BCUT2D eigenvalue weighted by atomic mass is 32.2. The summed E-state index contributed by atoms with van der Waals surface area (Å²) in [6.45, 7) is 0. The average molecular weight is 308 g/mol. The summed E-state index contributed by atoms with van der Waals surface area (Å²) in [6, 6.07) is 4.91. The summed E-state index contributed by atoms with van der Waals surface area (Å²) in [4.78, 5) is 10.8. The molecule has 6 nitrogen and oxygen atoms in total. The molecule has 1 aromatic carbocycles. The van der Waals surface area contributed by atoms with Crippen LogP contribution in [0.3, 0.4) is 0 Å². The quantitative estimate of drug-likeness (QED) is 0.821. The molecule has 2 N–H and O–H groups in total. The maximum Gasteiger partial charge on any atom is 0.432 e. The number of hydrogen-bond donors (Lipinski definition) is 2. The van der Waals surface area contributed by atoms with Crippen LogP contribution in [-0.2, 0) is 16.3 Å². The highest BCUT2D eigenvalue weighted by Crippen LogP contribution is 2.27. The topological polar surface area (TPSA) is 92.2 Å². The molecule has 0 atom stereocenters. The number of nitrogens with one attached hydrogen (secondary N) is 1. The molecular formula is C10H7F3N2O4S. The van der Waals surface area contributed by atoms with E-state index in [0.717, 1.165) is 12.1 Å². The Morgan fingerprint density at radius 2 is 1.80 bits per heavy atom. The fraction of sp³-hybridized carbons (Fsp3) is 0.100. The Labute approximate surface area is 110 Å². The van der Waals surface area contributed by atoms with Crippen molar-refractivity contribution in [2.24, 2.45) is 0 Å². The third-order valence-electron chi connectivity index (χ3n) is 2.41. The zero-order valence-electron chi connectivity index (χ0n) is 9.55. The van der Waals surface area contributed by atoms with Crippen LogP contribution in [0.15, 0.2) is 40.0 Å². The number of aromatic nitrogens is 2. The van der Waals surface area contributed by atoms with Crippen LogP contribution in [-0.4, -0.2) is 22.8 Å². The lowest BCUT2D eigenvalue weighted by Gasteiger charge is -2.07. The van der Waals surface area contributed by atoms with Crippen molar-refractivity contribution < 1.29 is 26.1 Å². The van der Waals surface area contributed by atoms with E-state index in [-0.39, 0.29) is 0 Å². The van der Waals surface area contributed by atoms with E-state index in [2.05, 4.69) is 0 Å². The first-order chi connectivity index (χ1) is 9.10. The van der Waals surface area contributed by atoms with Crippen molar-refractivity contribution in [3.05, 3.63) is 46.4 Å². The summed E-state index contributed by atoms with van der Waals surface area (Å²) < 4.78 is 69.1. The molecule has 0 radical (unpaired) electrons. The van der Waals surface area contributed by atoms with Crippen LogP contribution < -0.4 is 5.56 Å². The maximum absolute atomic E-state index is 12.5. The Morgan fingerprint density at radius 1 is 1.20 bits per heavy atom. The molecule has 0 spiro atoms. The summed E-state index contributed by atoms with van der Waals surface area (Å²) in [5.41, 5.74) is -2.84. The van der Waals surface area contributed by atoms with Crippen molar-refractivity contribution in [1.29, 1.82) is 0 Å². The fourth-order valence-electron chi connectivity index (χ4n) is 1.58. The second-order valence-corrected chi connectivity index (χ2v) is 5.17. The van der Waals surface area contributed by atoms with Gasteiger partial charge in [0.05, 0.1) is 5.69 Å². The van der Waals surface area contributed by atoms with E-state index in [1.165, 1.54) is 12.1 Å². The van der Waals surface area contributed by atoms with Gasteiger partial charge in [-0.15, -0.1) is 0 Å². The Bertz CT molecular complexity index is 804. The van der Waals surface area contributed by atoms with Crippen LogP contribution in [0.25, 0.3) is 5.69 Å². The van der Waals surface area contributed by atoms with Gasteiger partial charge in [0.15, 0.2) is 0 Å². The lowest BCUT2D eigenvalue weighted by molar-refractivity contribution is -0.141. The molecule has 0 aliphatic heterocycles. The number of halogens is 3. The van der Waals surface area contributed by atoms with Gasteiger partial charge in [-0.2, -0.15) is 21.6 Å². The molecule has 0 fully saturated rings. The Kier molecular flexibility index (Phi) is 3.22. The van der Waals surface area contributed by atoms with Crippen molar-refractivity contribution in [1.82, 2.24) is 9.78 Å². The van der Waals surface area contributed by atoms with E-state index < -0.39 is 38.1 Å². The van der Waals surface area contributed by atoms with E-state index in [4.69, 9.17) is 4.55 Å². The van der Waals surface area contributed by atoms with E-state index in [1.807, 2.05) is 0 Å². The summed E-state index contributed by atoms with van der Waals surface area (Å²) in [5, 5.41) is 1.75. The fourth-order valence-corrected chi connectivity index (χ4v) is 2.25. The molecule has 0 saturated heterocycles. The monoisotopic (exact) mass is 308 g/mol. The zero-order valence-corrected chi connectivity index (χ0v) is 10.4. The average Bonchev–Trinajstić information content (AvgIpc) is 2.70. The molecule has 108 valence electrons. The maximum atomic E-state index is 12.5. The molecule has 20 heavy (non-hydrogen) atoms. The minimum absolute atomic E-state index is 0.292. The molecule has 2 aromatic rings. The van der Waals surface area contributed by atoms with Gasteiger partial charge in [-0.3, -0.25) is 14.4 Å². The molecule has 0 unspecified atom stereocenters. The molecule has 1 aromatic heterocycles. The molecule has 0 aliphatic carbocycles. The zero-order chi connectivity index (χ0) is 15.1. The van der Waals surface area contributed by atoms with Gasteiger partial charge in [0, 0.05) is 6.07 Å². The molecule has 1 heterocycles. The highest BCUT2D eigenvalue weighted by Gasteiger charge is 2.34. The molecule has 0 saturated carbocycles. The number of rotatable bonds is 2. The first-order valence-corrected chi connectivity index (χ1v) is 6.51. The van der Waals surface area contributed by atoms with Gasteiger partial charge >= 0.3 is 6.18 Å². The number of para-hydroxylation sites is 1. The SMILES string of the molecule is O=c1cc(C(F)(F)F)[nH]n1-c1ccccc1S(=O)(=O)O. The summed E-state index contributed by atoms with van der Waals surface area (Å²) in [5.74, 6) is 0. The Hall–Kier alpha value is -2.07. The molecular weight excluding hydrogens is 301 g/mol. The van der Waals surface area contributed by atoms with Gasteiger partial charge in [-0.25, -0.2) is 4.68 Å². The number of H-pyrrole nitrogens is 1. The first-order valence-electron chi connectivity index (χ1n) is 5.07. The van der Waals surface area contributed by atoms with E-state index in [1.54, 1.807) is 5.10 Å². The number of benzene rings is 1. The van der Waals surface area contributed by atoms with Gasteiger partial charge in [0.25, 0.3) is 15.7 Å². The van der Waals surface area contributed by atoms with Crippen molar-refractivity contribution in [3.63, 3.8) is 0 Å². The second kappa shape index (κ2) is 4.49. The minimum Gasteiger partial charge on any atom is -0.286 e. The molecule has 0 bridgehead atoms. The molecule has 0 amide bonds. The Morgan fingerprint density at radius 3 is 2.30 bits per heavy atom. The second-order valence-electron chi connectivity index (χ2n) is 3.78. The largest absolute Gasteiger partial charge is 0.432 e. The smallest absolute Gasteiger partial charge is 0.286 e. The van der Waals surface area contributed by atoms with Gasteiger partial charge in [-0.1, -0.05) is 12.1 Å². The Balaban J connectivity index is 2.71. The van der Waals surface area contributed by atoms with Crippen molar-refractivity contribution in [2.75, 3.05) is 0 Å². The van der Waals surface area contributed by atoms with Crippen LogP contribution in [0.5, 0.6) is 0 Å². The van der Waals surface area contributed by atoms with Crippen molar-refractivity contribution >= 4 is 10.1 Å². The van der Waals surface area contributed by atoms with Gasteiger partial charge < -0.3 is 0 Å². The minimum atomic E-state index is -4.78. The van der Waals surface area contributed by atoms with Crippen LogP contribution in [0, 0.1) is 0 Å². The van der Waals surface area contributed by atoms with Crippen molar-refractivity contribution in [2.45, 2.75) is 11.1 Å². The standard InChI is InChI=1S/C10H7F3N2O4S/c11-10(12,13)8-5-9(16)15(14-8)6-3-1-2-4-7(6)20(17,18)19/h1-5,14H,(H,17,18,19). The molecule has 2 rings (SSSR count). The highest BCUT2D eigenvalue weighted by molar-refractivity contribution is 7.86. The van der Waals surface area contributed by atoms with Crippen molar-refractivity contribution in [3.8, 4) is 5.69 Å². The van der Waals surface area contributed by atoms with Crippen LogP contribution in [0.2, 0.25) is 0 Å². The van der Waals surface area contributed by atoms with E-state index >= 15 is 0 Å². The molecule has 10 heteroatoms. The van der Waals surface area contributed by atoms with Gasteiger partial charge in [0.1, 0.15) is 10.6 Å². The normalized spacial score (nSPS) is 12.6. The lowest BCUT2D eigenvalue weighted by atomic mass is 10.3. The van der Waals surface area contributed by atoms with E-state index in [0.29, 0.717) is 10.7 Å². The number of nitrogens with zero attached hydrogens (tertiary/aromatic N) is 1. The van der Waals surface area contributed by atoms with Crippen LogP contribution >= 0.6 is 0 Å². The van der Waals surface area contributed by atoms with Crippen LogP contribution in [0.4, 0.5) is 13.2 Å². The van der Waals surface area contributed by atoms with Crippen LogP contribution in [0.1, 0.15) is 5.69 Å². The van der Waals surface area contributed by atoms with E-state index in [9.17, 15) is 26.4 Å². The summed E-state index contributed by atoms with van der Waals surface area (Å²) >= 11 is 0. The third-order valence-corrected chi connectivity index (χ3v) is 3.31.